The fraction of sp³-hybridized carbons (Fsp3) is 1.00. The van der Waals surface area contributed by atoms with E-state index in [2.05, 4.69) is 17.1 Å². The van der Waals surface area contributed by atoms with Gasteiger partial charge in [-0.15, -0.1) is 0 Å². The van der Waals surface area contributed by atoms with Gasteiger partial charge < -0.3 is 10.2 Å². The molecule has 0 aliphatic carbocycles. The van der Waals surface area contributed by atoms with Crippen LogP contribution in [0.15, 0.2) is 0 Å². The molecule has 1 N–H and O–H groups in total. The van der Waals surface area contributed by atoms with Crippen LogP contribution in [0, 0.1) is 0 Å². The first-order valence-electron chi connectivity index (χ1n) is 7.25. The fourth-order valence-electron chi connectivity index (χ4n) is 2.57. The Balaban J connectivity index is 2.64. The molecule has 1 saturated heterocycles. The lowest BCUT2D eigenvalue weighted by Crippen LogP contribution is -2.47. The fourth-order valence-corrected chi connectivity index (χ4v) is 4.33. The van der Waals surface area contributed by atoms with Gasteiger partial charge in [-0.3, -0.25) is 0 Å². The highest BCUT2D eigenvalue weighted by atomic mass is 32.2. The van der Waals surface area contributed by atoms with Gasteiger partial charge in [-0.25, -0.2) is 8.42 Å². The topological polar surface area (TPSA) is 52.7 Å². The summed E-state index contributed by atoms with van der Waals surface area (Å²) in [5, 5.41) is 2.86. The van der Waals surface area contributed by atoms with Crippen LogP contribution in [0.4, 0.5) is 0 Å². The third kappa shape index (κ3) is 4.70. The van der Waals surface area contributed by atoms with Crippen LogP contribution in [0.3, 0.4) is 0 Å². The number of hydrogen-bond acceptors (Lipinski definition) is 4. The number of sulfonamides is 1. The average molecular weight is 291 g/mol. The van der Waals surface area contributed by atoms with E-state index in [1.165, 1.54) is 0 Å². The Morgan fingerprint density at radius 3 is 2.68 bits per heavy atom. The molecule has 0 bridgehead atoms. The molecule has 0 aromatic rings. The highest BCUT2D eigenvalue weighted by Gasteiger charge is 2.37. The molecule has 1 aliphatic rings. The summed E-state index contributed by atoms with van der Waals surface area (Å²) < 4.78 is 26.9. The average Bonchev–Trinajstić information content (AvgIpc) is 2.77. The molecule has 5 nitrogen and oxygen atoms in total. The lowest BCUT2D eigenvalue weighted by molar-refractivity contribution is 0.289. The second-order valence-corrected chi connectivity index (χ2v) is 8.03. The van der Waals surface area contributed by atoms with Gasteiger partial charge in [-0.2, -0.15) is 4.31 Å². The third-order valence-electron chi connectivity index (χ3n) is 3.59. The Labute approximate surface area is 118 Å². The van der Waals surface area contributed by atoms with Crippen molar-refractivity contribution in [3.63, 3.8) is 0 Å². The summed E-state index contributed by atoms with van der Waals surface area (Å²) in [7, 11) is 0.821. The molecule has 0 amide bonds. The molecule has 0 spiro atoms. The van der Waals surface area contributed by atoms with Gasteiger partial charge in [0, 0.05) is 25.7 Å². The predicted molar refractivity (Wildman–Crippen MR) is 79.8 cm³/mol. The van der Waals surface area contributed by atoms with Crippen molar-refractivity contribution in [2.75, 3.05) is 40.3 Å². The van der Waals surface area contributed by atoms with E-state index < -0.39 is 10.0 Å². The number of hydrogen-bond donors (Lipinski definition) is 1. The molecule has 1 aliphatic heterocycles. The number of rotatable bonds is 8. The van der Waals surface area contributed by atoms with E-state index in [0.717, 1.165) is 32.4 Å². The molecule has 6 heteroatoms. The summed E-state index contributed by atoms with van der Waals surface area (Å²) in [6.45, 7) is 6.80. The van der Waals surface area contributed by atoms with E-state index in [0.29, 0.717) is 13.1 Å². The Morgan fingerprint density at radius 1 is 1.42 bits per heavy atom. The monoisotopic (exact) mass is 291 g/mol. The van der Waals surface area contributed by atoms with E-state index >= 15 is 0 Å². The normalized spacial score (nSPS) is 23.1. The third-order valence-corrected chi connectivity index (χ3v) is 5.91. The minimum absolute atomic E-state index is 0.147. The van der Waals surface area contributed by atoms with Crippen molar-refractivity contribution in [3.05, 3.63) is 0 Å². The molecular weight excluding hydrogens is 262 g/mol. The van der Waals surface area contributed by atoms with Crippen molar-refractivity contribution in [2.24, 2.45) is 0 Å². The standard InChI is InChI=1S/C13H29N3O2S/c1-5-8-14-10-12(2)19(17,18)16-9-6-7-13(16)11-15(3)4/h12-14H,5-11H2,1-4H3. The molecule has 19 heavy (non-hydrogen) atoms. The zero-order chi connectivity index (χ0) is 14.5. The first kappa shape index (κ1) is 16.9. The van der Waals surface area contributed by atoms with Crippen molar-refractivity contribution in [3.8, 4) is 0 Å². The maximum atomic E-state index is 12.6. The zero-order valence-corrected chi connectivity index (χ0v) is 13.5. The van der Waals surface area contributed by atoms with Crippen LogP contribution in [-0.2, 0) is 10.0 Å². The second-order valence-electron chi connectivity index (χ2n) is 5.73. The first-order chi connectivity index (χ1) is 8.89. The molecule has 0 aromatic carbocycles. The van der Waals surface area contributed by atoms with Crippen molar-refractivity contribution < 1.29 is 8.42 Å². The first-order valence-corrected chi connectivity index (χ1v) is 8.76. The van der Waals surface area contributed by atoms with Gasteiger partial charge in [0.25, 0.3) is 0 Å². The second kappa shape index (κ2) is 7.57. The number of likely N-dealkylation sites (N-methyl/N-ethyl adjacent to an activating group) is 1. The molecule has 1 heterocycles. The van der Waals surface area contributed by atoms with Crippen molar-refractivity contribution in [2.45, 2.75) is 44.4 Å². The highest BCUT2D eigenvalue weighted by molar-refractivity contribution is 7.89. The predicted octanol–water partition coefficient (Wildman–Crippen LogP) is 0.730. The number of nitrogens with one attached hydrogen (secondary N) is 1. The van der Waals surface area contributed by atoms with Crippen LogP contribution in [0.25, 0.3) is 0 Å². The minimum Gasteiger partial charge on any atom is -0.315 e. The van der Waals surface area contributed by atoms with Gasteiger partial charge in [0.05, 0.1) is 5.25 Å². The SMILES string of the molecule is CCCNCC(C)S(=O)(=O)N1CCCC1CN(C)C. The van der Waals surface area contributed by atoms with Crippen LogP contribution >= 0.6 is 0 Å². The summed E-state index contributed by atoms with van der Waals surface area (Å²) in [5.41, 5.74) is 0. The molecule has 114 valence electrons. The Kier molecular flexibility index (Phi) is 6.73. The van der Waals surface area contributed by atoms with Crippen molar-refractivity contribution in [1.29, 1.82) is 0 Å². The van der Waals surface area contributed by atoms with E-state index in [1.54, 1.807) is 4.31 Å². The smallest absolute Gasteiger partial charge is 0.218 e. The highest BCUT2D eigenvalue weighted by Crippen LogP contribution is 2.23. The van der Waals surface area contributed by atoms with Crippen molar-refractivity contribution >= 4 is 10.0 Å². The molecule has 1 fully saturated rings. The van der Waals surface area contributed by atoms with Gasteiger partial charge in [0.1, 0.15) is 0 Å². The zero-order valence-electron chi connectivity index (χ0n) is 12.7. The van der Waals surface area contributed by atoms with E-state index in [9.17, 15) is 8.42 Å². The summed E-state index contributed by atoms with van der Waals surface area (Å²) in [4.78, 5) is 2.07. The van der Waals surface area contributed by atoms with Gasteiger partial charge in [-0.05, 0) is 46.8 Å². The molecule has 0 radical (unpaired) electrons. The summed E-state index contributed by atoms with van der Waals surface area (Å²) in [6, 6.07) is 0.147. The molecule has 2 unspecified atom stereocenters. The van der Waals surface area contributed by atoms with Crippen LogP contribution < -0.4 is 5.32 Å². The molecule has 2 atom stereocenters. The molecule has 1 rings (SSSR count). The molecule has 0 aromatic heterocycles. The van der Waals surface area contributed by atoms with Crippen molar-refractivity contribution in [1.82, 2.24) is 14.5 Å². The molecular formula is C13H29N3O2S. The van der Waals surface area contributed by atoms with Crippen LogP contribution in [-0.4, -0.2) is 69.2 Å². The minimum atomic E-state index is -3.17. The van der Waals surface area contributed by atoms with E-state index in [-0.39, 0.29) is 11.3 Å². The van der Waals surface area contributed by atoms with Gasteiger partial charge in [0.15, 0.2) is 0 Å². The summed E-state index contributed by atoms with van der Waals surface area (Å²) >= 11 is 0. The Hall–Kier alpha value is -0.170. The van der Waals surface area contributed by atoms with Gasteiger partial charge in [0.2, 0.25) is 10.0 Å². The Bertz CT molecular complexity index is 357. The molecule has 0 saturated carbocycles. The van der Waals surface area contributed by atoms with Crippen LogP contribution in [0.1, 0.15) is 33.1 Å². The van der Waals surface area contributed by atoms with Crippen LogP contribution in [0.5, 0.6) is 0 Å². The summed E-state index contributed by atoms with van der Waals surface area (Å²) in [5.74, 6) is 0. The maximum Gasteiger partial charge on any atom is 0.218 e. The van der Waals surface area contributed by atoms with Gasteiger partial charge >= 0.3 is 0 Å². The van der Waals surface area contributed by atoms with Gasteiger partial charge in [-0.1, -0.05) is 6.92 Å². The lowest BCUT2D eigenvalue weighted by Gasteiger charge is -2.29. The quantitative estimate of drug-likeness (QED) is 0.670. The van der Waals surface area contributed by atoms with Crippen LogP contribution in [0.2, 0.25) is 0 Å². The van der Waals surface area contributed by atoms with E-state index in [1.807, 2.05) is 21.0 Å². The lowest BCUT2D eigenvalue weighted by atomic mass is 10.2. The largest absolute Gasteiger partial charge is 0.315 e. The van der Waals surface area contributed by atoms with E-state index in [4.69, 9.17) is 0 Å². The number of nitrogens with zero attached hydrogens (tertiary/aromatic N) is 2. The Morgan fingerprint density at radius 2 is 2.11 bits per heavy atom. The summed E-state index contributed by atoms with van der Waals surface area (Å²) in [6.07, 6.45) is 2.99. The maximum absolute atomic E-state index is 12.6.